The first kappa shape index (κ1) is 16.3. The molecule has 0 amide bonds. The number of anilines is 1. The van der Waals surface area contributed by atoms with Crippen LogP contribution in [0.1, 0.15) is 0 Å². The highest BCUT2D eigenvalue weighted by Crippen LogP contribution is 2.43. The number of nitrogens with one attached hydrogen (secondary N) is 1. The molecule has 0 bridgehead atoms. The topological polar surface area (TPSA) is 76.8 Å². The molecule has 136 valence electrons. The van der Waals surface area contributed by atoms with Crippen LogP contribution in [-0.4, -0.2) is 22.1 Å². The number of nitrogens with two attached hydrogens (primary N) is 1. The van der Waals surface area contributed by atoms with Gasteiger partial charge in [-0.2, -0.15) is 0 Å². The average Bonchev–Trinajstić information content (AvgIpc) is 3.12. The molecule has 3 N–H and O–H groups in total. The van der Waals surface area contributed by atoms with Crippen LogP contribution in [0.4, 0.5) is 5.69 Å². The number of fused-ring (bicyclic) bond motifs is 3. The zero-order chi connectivity index (χ0) is 19.1. The fourth-order valence-electron chi connectivity index (χ4n) is 3.71. The lowest BCUT2D eigenvalue weighted by molar-refractivity contribution is 0.417. The van der Waals surface area contributed by atoms with Crippen LogP contribution < -0.4 is 10.5 Å². The summed E-state index contributed by atoms with van der Waals surface area (Å²) in [6.45, 7) is 0. The number of aromatic nitrogens is 3. The van der Waals surface area contributed by atoms with E-state index in [1.54, 1.807) is 13.3 Å². The number of nitrogen functional groups attached to an aromatic ring is 1. The normalized spacial score (nSPS) is 11.2. The molecule has 0 aliphatic rings. The summed E-state index contributed by atoms with van der Waals surface area (Å²) < 4.78 is 5.70. The van der Waals surface area contributed by atoms with Gasteiger partial charge in [0, 0.05) is 51.1 Å². The summed E-state index contributed by atoms with van der Waals surface area (Å²) in [6.07, 6.45) is 5.44. The molecular formula is C23H18N4O. The zero-order valence-corrected chi connectivity index (χ0v) is 15.3. The Morgan fingerprint density at radius 2 is 1.86 bits per heavy atom. The molecule has 0 saturated heterocycles. The Balaban J connectivity index is 1.88. The lowest BCUT2D eigenvalue weighted by Gasteiger charge is -2.13. The van der Waals surface area contributed by atoms with Gasteiger partial charge in [0.2, 0.25) is 0 Å². The summed E-state index contributed by atoms with van der Waals surface area (Å²) >= 11 is 0. The van der Waals surface area contributed by atoms with Gasteiger partial charge in [0.15, 0.2) is 0 Å². The molecule has 0 fully saturated rings. The molecule has 5 heteroatoms. The van der Waals surface area contributed by atoms with Gasteiger partial charge in [-0.3, -0.25) is 9.97 Å². The van der Waals surface area contributed by atoms with Crippen LogP contribution >= 0.6 is 0 Å². The molecule has 28 heavy (non-hydrogen) atoms. The molecule has 0 radical (unpaired) electrons. The first-order chi connectivity index (χ1) is 13.8. The Hall–Kier alpha value is -3.86. The fraction of sp³-hybridized carbons (Fsp3) is 0.0435. The second-order valence-electron chi connectivity index (χ2n) is 6.63. The van der Waals surface area contributed by atoms with Gasteiger partial charge in [0.05, 0.1) is 24.5 Å². The quantitative estimate of drug-likeness (QED) is 0.439. The van der Waals surface area contributed by atoms with Crippen LogP contribution in [0.3, 0.4) is 0 Å². The molecule has 5 aromatic rings. The number of benzene rings is 2. The number of pyridine rings is 2. The highest BCUT2D eigenvalue weighted by molar-refractivity contribution is 6.16. The minimum Gasteiger partial charge on any atom is -0.496 e. The number of nitrogens with zero attached hydrogens (tertiary/aromatic N) is 2. The molecule has 0 atom stereocenters. The lowest BCUT2D eigenvalue weighted by Crippen LogP contribution is -1.93. The molecule has 3 heterocycles. The van der Waals surface area contributed by atoms with E-state index in [2.05, 4.69) is 21.0 Å². The van der Waals surface area contributed by atoms with E-state index in [0.29, 0.717) is 5.69 Å². The number of H-pyrrole nitrogens is 1. The maximum absolute atomic E-state index is 6.31. The van der Waals surface area contributed by atoms with Crippen LogP contribution in [-0.2, 0) is 0 Å². The van der Waals surface area contributed by atoms with Gasteiger partial charge in [-0.1, -0.05) is 18.2 Å². The van der Waals surface area contributed by atoms with E-state index >= 15 is 0 Å². The van der Waals surface area contributed by atoms with E-state index in [9.17, 15) is 0 Å². The Labute approximate surface area is 161 Å². The van der Waals surface area contributed by atoms with E-state index in [-0.39, 0.29) is 0 Å². The SMILES string of the molecule is COc1ccc2[nH]c3cnc(-c4cccnc4)cc3c2c1-c1ccccc1N. The van der Waals surface area contributed by atoms with E-state index < -0.39 is 0 Å². The van der Waals surface area contributed by atoms with E-state index in [0.717, 1.165) is 49.9 Å². The zero-order valence-electron chi connectivity index (χ0n) is 15.3. The molecule has 5 nitrogen and oxygen atoms in total. The summed E-state index contributed by atoms with van der Waals surface area (Å²) in [4.78, 5) is 12.3. The van der Waals surface area contributed by atoms with Crippen LogP contribution in [0.5, 0.6) is 5.75 Å². The Kier molecular flexibility index (Phi) is 3.72. The largest absolute Gasteiger partial charge is 0.496 e. The van der Waals surface area contributed by atoms with Crippen molar-refractivity contribution >= 4 is 27.5 Å². The number of para-hydroxylation sites is 1. The van der Waals surface area contributed by atoms with Crippen LogP contribution in [0.25, 0.3) is 44.2 Å². The third-order valence-electron chi connectivity index (χ3n) is 5.02. The standard InChI is InChI=1S/C23H18N4O/c1-28-21-9-8-18-22(23(21)15-6-2-3-7-17(15)24)16-11-19(26-13-20(16)27-18)14-5-4-10-25-12-14/h2-13,27H,24H2,1H3. The van der Waals surface area contributed by atoms with E-state index in [1.165, 1.54) is 0 Å². The summed E-state index contributed by atoms with van der Waals surface area (Å²) in [5, 5.41) is 2.14. The van der Waals surface area contributed by atoms with Gasteiger partial charge in [-0.15, -0.1) is 0 Å². The van der Waals surface area contributed by atoms with Crippen molar-refractivity contribution in [3.63, 3.8) is 0 Å². The molecule has 0 aliphatic carbocycles. The predicted molar refractivity (Wildman–Crippen MR) is 113 cm³/mol. The molecule has 0 aliphatic heterocycles. The molecule has 0 unspecified atom stereocenters. The van der Waals surface area contributed by atoms with Crippen LogP contribution in [0.2, 0.25) is 0 Å². The van der Waals surface area contributed by atoms with Gasteiger partial charge in [-0.25, -0.2) is 0 Å². The van der Waals surface area contributed by atoms with Gasteiger partial charge >= 0.3 is 0 Å². The number of rotatable bonds is 3. The highest BCUT2D eigenvalue weighted by atomic mass is 16.5. The summed E-state index contributed by atoms with van der Waals surface area (Å²) in [6, 6.07) is 17.9. The highest BCUT2D eigenvalue weighted by Gasteiger charge is 2.18. The molecule has 2 aromatic carbocycles. The Bertz CT molecular complexity index is 1310. The summed E-state index contributed by atoms with van der Waals surface area (Å²) in [7, 11) is 1.68. The van der Waals surface area contributed by atoms with Gasteiger partial charge < -0.3 is 15.5 Å². The summed E-state index contributed by atoms with van der Waals surface area (Å²) in [5.74, 6) is 0.783. The van der Waals surface area contributed by atoms with Crippen molar-refractivity contribution in [2.75, 3.05) is 12.8 Å². The van der Waals surface area contributed by atoms with Crippen molar-refractivity contribution in [3.8, 4) is 28.1 Å². The van der Waals surface area contributed by atoms with Gasteiger partial charge in [0.1, 0.15) is 5.75 Å². The number of hydrogen-bond donors (Lipinski definition) is 2. The van der Waals surface area contributed by atoms with Crippen LogP contribution in [0.15, 0.2) is 73.2 Å². The predicted octanol–water partition coefficient (Wildman–Crippen LogP) is 5.04. The molecule has 5 rings (SSSR count). The maximum atomic E-state index is 6.31. The number of hydrogen-bond acceptors (Lipinski definition) is 4. The first-order valence-electron chi connectivity index (χ1n) is 9.00. The minimum absolute atomic E-state index is 0.712. The maximum Gasteiger partial charge on any atom is 0.127 e. The number of methoxy groups -OCH3 is 1. The van der Waals surface area contributed by atoms with Crippen molar-refractivity contribution in [1.82, 2.24) is 15.0 Å². The second-order valence-corrected chi connectivity index (χ2v) is 6.63. The van der Waals surface area contributed by atoms with E-state index in [1.807, 2.05) is 60.9 Å². The molecular weight excluding hydrogens is 348 g/mol. The molecule has 0 spiro atoms. The van der Waals surface area contributed by atoms with Crippen molar-refractivity contribution in [3.05, 3.63) is 73.2 Å². The second kappa shape index (κ2) is 6.39. The van der Waals surface area contributed by atoms with Crippen molar-refractivity contribution in [2.24, 2.45) is 0 Å². The van der Waals surface area contributed by atoms with Crippen molar-refractivity contribution in [2.45, 2.75) is 0 Å². The lowest BCUT2D eigenvalue weighted by atomic mass is 9.97. The Morgan fingerprint density at radius 1 is 0.964 bits per heavy atom. The van der Waals surface area contributed by atoms with Gasteiger partial charge in [0.25, 0.3) is 0 Å². The smallest absolute Gasteiger partial charge is 0.127 e. The minimum atomic E-state index is 0.712. The van der Waals surface area contributed by atoms with Crippen LogP contribution in [0, 0.1) is 0 Å². The fourth-order valence-corrected chi connectivity index (χ4v) is 3.71. The van der Waals surface area contributed by atoms with Crippen molar-refractivity contribution < 1.29 is 4.74 Å². The first-order valence-corrected chi connectivity index (χ1v) is 9.00. The van der Waals surface area contributed by atoms with Crippen molar-refractivity contribution in [1.29, 1.82) is 0 Å². The monoisotopic (exact) mass is 366 g/mol. The van der Waals surface area contributed by atoms with Gasteiger partial charge in [-0.05, 0) is 36.4 Å². The molecule has 0 saturated carbocycles. The van der Waals surface area contributed by atoms with E-state index in [4.69, 9.17) is 10.5 Å². The Morgan fingerprint density at radius 3 is 2.64 bits per heavy atom. The average molecular weight is 366 g/mol. The number of aromatic amines is 1. The third-order valence-corrected chi connectivity index (χ3v) is 5.02. The third kappa shape index (κ3) is 2.48. The summed E-state index contributed by atoms with van der Waals surface area (Å²) in [5.41, 5.74) is 12.8. The molecule has 3 aromatic heterocycles. The number of ether oxygens (including phenoxy) is 1.